The molecule has 2 aromatic rings. The molecule has 0 saturated carbocycles. The summed E-state index contributed by atoms with van der Waals surface area (Å²) >= 11 is 0. The molecule has 2 N–H and O–H groups in total. The van der Waals surface area contributed by atoms with Crippen LogP contribution in [-0.2, 0) is 25.2 Å². The molecule has 4 rings (SSSR count). The van der Waals surface area contributed by atoms with Crippen LogP contribution in [0.2, 0.25) is 0 Å². The van der Waals surface area contributed by atoms with Crippen LogP contribution in [0.3, 0.4) is 0 Å². The molecular formula is C29H44N6O5S. The van der Waals surface area contributed by atoms with Gasteiger partial charge >= 0.3 is 0 Å². The van der Waals surface area contributed by atoms with E-state index in [-0.39, 0.29) is 11.7 Å². The summed E-state index contributed by atoms with van der Waals surface area (Å²) in [6.07, 6.45) is 8.07. The largest absolute Gasteiger partial charge is 0.497 e. The lowest BCUT2D eigenvalue weighted by atomic mass is 9.90. The van der Waals surface area contributed by atoms with Crippen molar-refractivity contribution in [2.24, 2.45) is 0 Å². The van der Waals surface area contributed by atoms with E-state index in [0.29, 0.717) is 57.6 Å². The molecule has 0 bridgehead atoms. The minimum Gasteiger partial charge on any atom is -0.497 e. The minimum atomic E-state index is -3.68. The Morgan fingerprint density at radius 2 is 1.78 bits per heavy atom. The van der Waals surface area contributed by atoms with Crippen LogP contribution in [0.4, 0.5) is 5.82 Å². The van der Waals surface area contributed by atoms with Crippen LogP contribution < -0.4 is 14.8 Å². The zero-order valence-corrected chi connectivity index (χ0v) is 25.5. The van der Waals surface area contributed by atoms with Gasteiger partial charge in [-0.1, -0.05) is 31.9 Å². The van der Waals surface area contributed by atoms with Crippen LogP contribution in [0.25, 0.3) is 0 Å². The summed E-state index contributed by atoms with van der Waals surface area (Å²) in [5.74, 6) is 0.424. The zero-order chi connectivity index (χ0) is 29.6. The van der Waals surface area contributed by atoms with Crippen molar-refractivity contribution in [1.82, 2.24) is 24.1 Å². The van der Waals surface area contributed by atoms with Crippen molar-refractivity contribution in [3.63, 3.8) is 0 Å². The maximum Gasteiger partial charge on any atom is 0.253 e. The molecule has 11 nitrogen and oxygen atoms in total. The zero-order valence-electron chi connectivity index (χ0n) is 24.6. The monoisotopic (exact) mass is 588 g/mol. The fourth-order valence-corrected chi connectivity index (χ4v) is 7.26. The molecule has 3 heterocycles. The number of likely N-dealkylation sites (tertiary alicyclic amines) is 2. The fraction of sp³-hybridized carbons (Fsp3) is 0.621. The standard InChI is InChI=1S/C29H44N6O5S/c1-5-6-9-25(32-41(38,39)24-14-18-33(3)19-15-24)27(36)31-26-20-35(21-30-26)29(2,28(37)34-16-7-8-17-34)22-10-12-23(40-4)13-11-22/h10-13,20-21,24-25,32H,5-9,14-19H2,1-4H3,(H,31,36). The Bertz CT molecular complexity index is 1280. The highest BCUT2D eigenvalue weighted by atomic mass is 32.2. The Morgan fingerprint density at radius 1 is 1.12 bits per heavy atom. The molecule has 2 aliphatic heterocycles. The van der Waals surface area contributed by atoms with Gasteiger partial charge in [-0.15, -0.1) is 0 Å². The van der Waals surface area contributed by atoms with Gasteiger partial charge in [0, 0.05) is 19.3 Å². The maximum absolute atomic E-state index is 13.9. The number of benzene rings is 1. The molecule has 0 aliphatic carbocycles. The molecule has 2 fully saturated rings. The maximum atomic E-state index is 13.9. The molecule has 2 amide bonds. The van der Waals surface area contributed by atoms with Crippen molar-refractivity contribution in [3.8, 4) is 5.75 Å². The van der Waals surface area contributed by atoms with Crippen molar-refractivity contribution in [1.29, 1.82) is 0 Å². The molecule has 226 valence electrons. The number of carbonyl (C=O) groups excluding carboxylic acids is 2. The quantitative estimate of drug-likeness (QED) is 0.391. The number of hydrogen-bond donors (Lipinski definition) is 2. The highest BCUT2D eigenvalue weighted by Gasteiger charge is 2.41. The first kappa shape index (κ1) is 31.0. The first-order valence-corrected chi connectivity index (χ1v) is 16.1. The third kappa shape index (κ3) is 7.10. The van der Waals surface area contributed by atoms with E-state index >= 15 is 0 Å². The first-order chi connectivity index (χ1) is 19.6. The Hall–Kier alpha value is -2.96. The third-order valence-corrected chi connectivity index (χ3v) is 10.3. The Morgan fingerprint density at radius 3 is 2.39 bits per heavy atom. The van der Waals surface area contributed by atoms with E-state index in [9.17, 15) is 18.0 Å². The number of ether oxygens (including phenoxy) is 1. The van der Waals surface area contributed by atoms with Crippen molar-refractivity contribution < 1.29 is 22.7 Å². The number of nitrogens with one attached hydrogen (secondary N) is 2. The number of carbonyl (C=O) groups is 2. The van der Waals surface area contributed by atoms with Gasteiger partial charge in [-0.3, -0.25) is 9.59 Å². The lowest BCUT2D eigenvalue weighted by Gasteiger charge is -2.34. The molecule has 0 spiro atoms. The van der Waals surface area contributed by atoms with E-state index in [1.807, 2.05) is 50.1 Å². The normalized spacial score (nSPS) is 19.1. The van der Waals surface area contributed by atoms with E-state index in [1.54, 1.807) is 17.9 Å². The number of methoxy groups -OCH3 is 1. The minimum absolute atomic E-state index is 0.0536. The van der Waals surface area contributed by atoms with Crippen molar-refractivity contribution >= 4 is 27.7 Å². The SMILES string of the molecule is CCCCC(NS(=O)(=O)C1CCN(C)CC1)C(=O)Nc1cn(C(C)(C(=O)N2CCCC2)c2ccc(OC)cc2)cn1. The number of aromatic nitrogens is 2. The van der Waals surface area contributed by atoms with E-state index < -0.39 is 32.8 Å². The van der Waals surface area contributed by atoms with Gasteiger partial charge in [0.1, 0.15) is 17.3 Å². The summed E-state index contributed by atoms with van der Waals surface area (Å²) in [7, 11) is -0.107. The Balaban J connectivity index is 1.55. The molecular weight excluding hydrogens is 544 g/mol. The number of sulfonamides is 1. The topological polar surface area (TPSA) is 126 Å². The predicted octanol–water partition coefficient (Wildman–Crippen LogP) is 2.79. The molecule has 2 saturated heterocycles. The van der Waals surface area contributed by atoms with Gasteiger partial charge in [0.15, 0.2) is 5.82 Å². The van der Waals surface area contributed by atoms with E-state index in [4.69, 9.17) is 4.74 Å². The third-order valence-electron chi connectivity index (χ3n) is 8.39. The lowest BCUT2D eigenvalue weighted by molar-refractivity contribution is -0.137. The van der Waals surface area contributed by atoms with E-state index in [0.717, 1.165) is 24.8 Å². The molecule has 41 heavy (non-hydrogen) atoms. The summed E-state index contributed by atoms with van der Waals surface area (Å²) in [5.41, 5.74) is -0.346. The second-order valence-corrected chi connectivity index (χ2v) is 13.3. The van der Waals surface area contributed by atoms with Gasteiger partial charge in [0.05, 0.1) is 18.7 Å². The van der Waals surface area contributed by atoms with Gasteiger partial charge in [-0.2, -0.15) is 0 Å². The summed E-state index contributed by atoms with van der Waals surface area (Å²) in [5, 5.41) is 2.29. The van der Waals surface area contributed by atoms with Crippen molar-refractivity contribution in [2.75, 3.05) is 45.7 Å². The molecule has 12 heteroatoms. The number of amides is 2. The van der Waals surface area contributed by atoms with Gasteiger partial charge in [0.2, 0.25) is 15.9 Å². The molecule has 2 aliphatic rings. The van der Waals surface area contributed by atoms with Gasteiger partial charge in [-0.05, 0) is 76.9 Å². The van der Waals surface area contributed by atoms with Crippen LogP contribution in [0, 0.1) is 0 Å². The second-order valence-electron chi connectivity index (χ2n) is 11.3. The van der Waals surface area contributed by atoms with Gasteiger partial charge in [-0.25, -0.2) is 18.1 Å². The van der Waals surface area contributed by atoms with Crippen molar-refractivity contribution in [3.05, 3.63) is 42.4 Å². The smallest absolute Gasteiger partial charge is 0.253 e. The van der Waals surface area contributed by atoms with E-state index in [1.165, 1.54) is 6.33 Å². The number of nitrogens with zero attached hydrogens (tertiary/aromatic N) is 4. The molecule has 1 aromatic carbocycles. The van der Waals surface area contributed by atoms with Crippen LogP contribution in [0.15, 0.2) is 36.8 Å². The highest BCUT2D eigenvalue weighted by molar-refractivity contribution is 7.90. The summed E-state index contributed by atoms with van der Waals surface area (Å²) in [6, 6.07) is 6.45. The molecule has 2 atom stereocenters. The highest BCUT2D eigenvalue weighted by Crippen LogP contribution is 2.32. The van der Waals surface area contributed by atoms with Crippen LogP contribution in [0.1, 0.15) is 64.4 Å². The van der Waals surface area contributed by atoms with Crippen LogP contribution >= 0.6 is 0 Å². The average Bonchev–Trinajstić information content (AvgIpc) is 3.68. The van der Waals surface area contributed by atoms with Gasteiger partial charge in [0.25, 0.3) is 5.91 Å². The average molecular weight is 589 g/mol. The van der Waals surface area contributed by atoms with Crippen LogP contribution in [0.5, 0.6) is 5.75 Å². The van der Waals surface area contributed by atoms with Crippen LogP contribution in [-0.4, -0.2) is 91.2 Å². The van der Waals surface area contributed by atoms with E-state index in [2.05, 4.69) is 19.9 Å². The number of anilines is 1. The number of piperidine rings is 1. The first-order valence-electron chi connectivity index (χ1n) is 14.6. The fourth-order valence-electron chi connectivity index (χ4n) is 5.61. The summed E-state index contributed by atoms with van der Waals surface area (Å²) < 4.78 is 36.1. The lowest BCUT2D eigenvalue weighted by Crippen LogP contribution is -2.49. The second kappa shape index (κ2) is 13.3. The number of hydrogen-bond acceptors (Lipinski definition) is 7. The molecule has 1 aromatic heterocycles. The number of imidazole rings is 1. The predicted molar refractivity (Wildman–Crippen MR) is 158 cm³/mol. The molecule has 2 unspecified atom stereocenters. The van der Waals surface area contributed by atoms with Gasteiger partial charge < -0.3 is 24.4 Å². The number of rotatable bonds is 12. The Kier molecular flexibility index (Phi) is 10.1. The van der Waals surface area contributed by atoms with Crippen molar-refractivity contribution in [2.45, 2.75) is 75.6 Å². The Labute approximate surface area is 243 Å². The number of unbranched alkanes of at least 4 members (excludes halogenated alkanes) is 1. The summed E-state index contributed by atoms with van der Waals surface area (Å²) in [4.78, 5) is 35.6. The molecule has 0 radical (unpaired) electrons. The summed E-state index contributed by atoms with van der Waals surface area (Å²) in [6.45, 7) is 6.65.